The van der Waals surface area contributed by atoms with E-state index >= 15 is 0 Å². The van der Waals surface area contributed by atoms with E-state index in [-0.39, 0.29) is 12.0 Å². The molecule has 1 aliphatic heterocycles. The Balaban J connectivity index is 2.17. The van der Waals surface area contributed by atoms with Crippen LogP contribution in [-0.2, 0) is 6.54 Å². The second-order valence-electron chi connectivity index (χ2n) is 3.69. The number of hydrogen-bond donors (Lipinski definition) is 1. The molecule has 0 bridgehead atoms. The number of carbonyl (C=O) groups is 1. The van der Waals surface area contributed by atoms with Gasteiger partial charge in [0.25, 0.3) is 5.91 Å². The van der Waals surface area contributed by atoms with Gasteiger partial charge in [0.15, 0.2) is 0 Å². The van der Waals surface area contributed by atoms with Gasteiger partial charge in [0.1, 0.15) is 5.69 Å². The molecule has 0 aromatic carbocycles. The van der Waals surface area contributed by atoms with E-state index in [9.17, 15) is 4.79 Å². The molecule has 0 aliphatic carbocycles. The van der Waals surface area contributed by atoms with Crippen molar-refractivity contribution in [1.29, 1.82) is 0 Å². The summed E-state index contributed by atoms with van der Waals surface area (Å²) in [5, 5.41) is 9.14. The van der Waals surface area contributed by atoms with E-state index in [0.29, 0.717) is 18.8 Å². The molecule has 82 valence electrons. The van der Waals surface area contributed by atoms with Gasteiger partial charge in [-0.3, -0.25) is 4.79 Å². The Morgan fingerprint density at radius 1 is 1.67 bits per heavy atom. The van der Waals surface area contributed by atoms with Crippen molar-refractivity contribution in [3.63, 3.8) is 0 Å². The van der Waals surface area contributed by atoms with Crippen molar-refractivity contribution < 1.29 is 9.90 Å². The first-order valence-corrected chi connectivity index (χ1v) is 5.74. The number of aliphatic hydroxyl groups excluding tert-OH is 1. The molecule has 0 unspecified atom stereocenters. The molecule has 4 nitrogen and oxygen atoms in total. The van der Waals surface area contributed by atoms with E-state index in [1.165, 1.54) is 0 Å². The molecule has 5 heteroatoms. The number of β-amino-alcohol motifs (C(OH)–C–C–N with tert-alkyl or cyclic N) is 1. The lowest BCUT2D eigenvalue weighted by Gasteiger charge is -2.35. The monoisotopic (exact) mass is 272 g/mol. The van der Waals surface area contributed by atoms with Gasteiger partial charge in [-0.15, -0.1) is 0 Å². The number of aliphatic hydroxyl groups is 1. The Morgan fingerprint density at radius 3 is 2.87 bits per heavy atom. The van der Waals surface area contributed by atoms with Crippen molar-refractivity contribution in [2.75, 3.05) is 13.1 Å². The lowest BCUT2D eigenvalue weighted by molar-refractivity contribution is 0.00520. The molecule has 15 heavy (non-hydrogen) atoms. The molecule has 2 rings (SSSR count). The van der Waals surface area contributed by atoms with Crippen LogP contribution in [0.5, 0.6) is 0 Å². The molecule has 0 radical (unpaired) electrons. The van der Waals surface area contributed by atoms with Crippen molar-refractivity contribution in [2.45, 2.75) is 19.6 Å². The van der Waals surface area contributed by atoms with Crippen LogP contribution in [0.2, 0.25) is 0 Å². The maximum absolute atomic E-state index is 11.9. The number of carbonyl (C=O) groups excluding carboxylic acids is 1. The van der Waals surface area contributed by atoms with E-state index in [4.69, 9.17) is 5.11 Å². The van der Waals surface area contributed by atoms with Gasteiger partial charge in [0.2, 0.25) is 0 Å². The van der Waals surface area contributed by atoms with Gasteiger partial charge in [-0.1, -0.05) is 0 Å². The fourth-order valence-electron chi connectivity index (χ4n) is 1.70. The number of aromatic nitrogens is 1. The molecule has 2 heterocycles. The van der Waals surface area contributed by atoms with Crippen molar-refractivity contribution >= 4 is 21.8 Å². The molecule has 1 fully saturated rings. The van der Waals surface area contributed by atoms with E-state index in [1.54, 1.807) is 4.90 Å². The molecule has 0 spiro atoms. The summed E-state index contributed by atoms with van der Waals surface area (Å²) in [7, 11) is 0. The highest BCUT2D eigenvalue weighted by atomic mass is 79.9. The smallest absolute Gasteiger partial charge is 0.270 e. The zero-order valence-corrected chi connectivity index (χ0v) is 10.1. The molecule has 1 N–H and O–H groups in total. The first-order valence-electron chi connectivity index (χ1n) is 4.95. The molecule has 0 atom stereocenters. The zero-order valence-electron chi connectivity index (χ0n) is 8.48. The van der Waals surface area contributed by atoms with E-state index < -0.39 is 0 Å². The molecular weight excluding hydrogens is 260 g/mol. The minimum atomic E-state index is -0.345. The molecule has 1 saturated heterocycles. The number of likely N-dealkylation sites (tertiary alicyclic amines) is 1. The van der Waals surface area contributed by atoms with Crippen molar-refractivity contribution in [2.24, 2.45) is 0 Å². The Bertz CT molecular complexity index is 383. The van der Waals surface area contributed by atoms with Crippen LogP contribution in [0.3, 0.4) is 0 Å². The highest BCUT2D eigenvalue weighted by Crippen LogP contribution is 2.19. The van der Waals surface area contributed by atoms with Crippen molar-refractivity contribution in [3.05, 3.63) is 22.4 Å². The minimum Gasteiger partial charge on any atom is -0.389 e. The molecule has 1 aliphatic rings. The summed E-state index contributed by atoms with van der Waals surface area (Å²) in [5.41, 5.74) is 0.677. The third-order valence-corrected chi connectivity index (χ3v) is 3.01. The van der Waals surface area contributed by atoms with Gasteiger partial charge < -0.3 is 14.6 Å². The van der Waals surface area contributed by atoms with Gasteiger partial charge in [0.05, 0.1) is 6.10 Å². The van der Waals surface area contributed by atoms with Crippen LogP contribution >= 0.6 is 15.9 Å². The lowest BCUT2D eigenvalue weighted by atomic mass is 10.1. The molecule has 0 saturated carbocycles. The predicted octanol–water partition coefficient (Wildman–Crippen LogP) is 1.09. The highest BCUT2D eigenvalue weighted by molar-refractivity contribution is 9.10. The Kier molecular flexibility index (Phi) is 2.84. The van der Waals surface area contributed by atoms with E-state index in [0.717, 1.165) is 11.0 Å². The quantitative estimate of drug-likeness (QED) is 0.876. The first kappa shape index (κ1) is 10.7. The second-order valence-corrected chi connectivity index (χ2v) is 4.61. The number of nitrogens with zero attached hydrogens (tertiary/aromatic N) is 2. The predicted molar refractivity (Wildman–Crippen MR) is 59.7 cm³/mol. The van der Waals surface area contributed by atoms with Crippen LogP contribution < -0.4 is 0 Å². The maximum atomic E-state index is 11.9. The van der Waals surface area contributed by atoms with E-state index in [1.807, 2.05) is 23.8 Å². The topological polar surface area (TPSA) is 45.5 Å². The summed E-state index contributed by atoms with van der Waals surface area (Å²) in [6.07, 6.45) is 1.55. The summed E-state index contributed by atoms with van der Waals surface area (Å²) in [5.74, 6) is -0.00662. The lowest BCUT2D eigenvalue weighted by Crippen LogP contribution is -2.53. The normalized spacial score (nSPS) is 16.6. The van der Waals surface area contributed by atoms with Crippen LogP contribution in [0.15, 0.2) is 16.7 Å². The number of aryl methyl sites for hydroxylation is 1. The number of hydrogen-bond acceptors (Lipinski definition) is 2. The molecular formula is C10H13BrN2O2. The molecule has 1 aromatic heterocycles. The fraction of sp³-hybridized carbons (Fsp3) is 0.500. The molecule has 1 aromatic rings. The Labute approximate surface area is 96.6 Å². The van der Waals surface area contributed by atoms with E-state index in [2.05, 4.69) is 15.9 Å². The first-order chi connectivity index (χ1) is 7.11. The third kappa shape index (κ3) is 1.94. The Morgan fingerprint density at radius 2 is 2.33 bits per heavy atom. The van der Waals surface area contributed by atoms with Gasteiger partial charge in [-0.05, 0) is 28.9 Å². The fourth-order valence-corrected chi connectivity index (χ4v) is 2.16. The summed E-state index contributed by atoms with van der Waals surface area (Å²) < 4.78 is 2.81. The van der Waals surface area contributed by atoms with Gasteiger partial charge in [0, 0.05) is 30.3 Å². The van der Waals surface area contributed by atoms with Crippen LogP contribution in [0, 0.1) is 0 Å². The standard InChI is InChI=1S/C10H13BrN2O2/c1-2-12-4-7(11)3-9(12)10(15)13-5-8(14)6-13/h3-4,8,14H,2,5-6H2,1H3. The largest absolute Gasteiger partial charge is 0.389 e. The van der Waals surface area contributed by atoms with Crippen molar-refractivity contribution in [3.8, 4) is 0 Å². The average Bonchev–Trinajstić information content (AvgIpc) is 2.53. The van der Waals surface area contributed by atoms with Gasteiger partial charge in [-0.2, -0.15) is 0 Å². The van der Waals surface area contributed by atoms with Crippen LogP contribution in [0.4, 0.5) is 0 Å². The summed E-state index contributed by atoms with van der Waals surface area (Å²) in [6, 6.07) is 1.82. The average molecular weight is 273 g/mol. The SMILES string of the molecule is CCn1cc(Br)cc1C(=O)N1CC(O)C1. The second kappa shape index (κ2) is 3.98. The number of amides is 1. The number of rotatable bonds is 2. The van der Waals surface area contributed by atoms with Crippen LogP contribution in [0.1, 0.15) is 17.4 Å². The van der Waals surface area contributed by atoms with Crippen LogP contribution in [0.25, 0.3) is 0 Å². The maximum Gasteiger partial charge on any atom is 0.270 e. The zero-order chi connectivity index (χ0) is 11.0. The van der Waals surface area contributed by atoms with Gasteiger partial charge >= 0.3 is 0 Å². The molecule has 1 amide bonds. The van der Waals surface area contributed by atoms with Crippen molar-refractivity contribution in [1.82, 2.24) is 9.47 Å². The van der Waals surface area contributed by atoms with Crippen LogP contribution in [-0.4, -0.2) is 39.7 Å². The summed E-state index contributed by atoms with van der Waals surface area (Å²) in [6.45, 7) is 3.66. The summed E-state index contributed by atoms with van der Waals surface area (Å²) in [4.78, 5) is 13.6. The minimum absolute atomic E-state index is 0.00662. The number of halogens is 1. The highest BCUT2D eigenvalue weighted by Gasteiger charge is 2.30. The summed E-state index contributed by atoms with van der Waals surface area (Å²) >= 11 is 3.35. The third-order valence-electron chi connectivity index (χ3n) is 2.57. The van der Waals surface area contributed by atoms with Gasteiger partial charge in [-0.25, -0.2) is 0 Å². The Hall–Kier alpha value is -0.810.